The Morgan fingerprint density at radius 1 is 1.32 bits per heavy atom. The summed E-state index contributed by atoms with van der Waals surface area (Å²) in [6, 6.07) is 8.77. The Hall–Kier alpha value is -1.26. The summed E-state index contributed by atoms with van der Waals surface area (Å²) in [4.78, 5) is 14.1. The Kier molecular flexibility index (Phi) is 7.14. The lowest BCUT2D eigenvalue weighted by Gasteiger charge is -2.26. The summed E-state index contributed by atoms with van der Waals surface area (Å²) < 4.78 is 5.49. The van der Waals surface area contributed by atoms with E-state index >= 15 is 0 Å². The first-order chi connectivity index (χ1) is 11.7. The van der Waals surface area contributed by atoms with Crippen LogP contribution in [0.4, 0.5) is 4.79 Å². The molecule has 1 heterocycles. The van der Waals surface area contributed by atoms with Crippen LogP contribution in [-0.2, 0) is 11.2 Å². The third-order valence-corrected chi connectivity index (χ3v) is 4.75. The van der Waals surface area contributed by atoms with Crippen LogP contribution >= 0.6 is 11.6 Å². The van der Waals surface area contributed by atoms with E-state index in [1.807, 2.05) is 43.9 Å². The molecule has 2 atom stereocenters. The Morgan fingerprint density at radius 3 is 2.72 bits per heavy atom. The van der Waals surface area contributed by atoms with E-state index in [9.17, 15) is 4.79 Å². The molecule has 1 N–H and O–H groups in total. The van der Waals surface area contributed by atoms with Crippen molar-refractivity contribution in [3.63, 3.8) is 0 Å². The molecule has 2 rings (SSSR count). The van der Waals surface area contributed by atoms with Gasteiger partial charge >= 0.3 is 6.09 Å². The zero-order chi connectivity index (χ0) is 18.4. The highest BCUT2D eigenvalue weighted by molar-refractivity contribution is 6.31. The van der Waals surface area contributed by atoms with Gasteiger partial charge in [0, 0.05) is 30.2 Å². The van der Waals surface area contributed by atoms with Crippen LogP contribution in [0.5, 0.6) is 0 Å². The fourth-order valence-corrected chi connectivity index (χ4v) is 3.44. The van der Waals surface area contributed by atoms with Crippen LogP contribution in [0.25, 0.3) is 0 Å². The molecule has 0 saturated carbocycles. The molecule has 1 aliphatic heterocycles. The van der Waals surface area contributed by atoms with Gasteiger partial charge < -0.3 is 15.0 Å². The highest BCUT2D eigenvalue weighted by Crippen LogP contribution is 2.19. The zero-order valence-electron chi connectivity index (χ0n) is 15.8. The summed E-state index contributed by atoms with van der Waals surface area (Å²) >= 11 is 6.26. The summed E-state index contributed by atoms with van der Waals surface area (Å²) in [5, 5.41) is 4.53. The van der Waals surface area contributed by atoms with Gasteiger partial charge in [-0.05, 0) is 65.0 Å². The summed E-state index contributed by atoms with van der Waals surface area (Å²) in [5.74, 6) is 0. The second-order valence-electron chi connectivity index (χ2n) is 7.96. The zero-order valence-corrected chi connectivity index (χ0v) is 16.6. The van der Waals surface area contributed by atoms with Gasteiger partial charge in [0.25, 0.3) is 0 Å². The Labute approximate surface area is 156 Å². The van der Waals surface area contributed by atoms with Crippen LogP contribution in [0.15, 0.2) is 24.3 Å². The predicted octanol–water partition coefficient (Wildman–Crippen LogP) is 4.65. The van der Waals surface area contributed by atoms with Crippen molar-refractivity contribution in [3.8, 4) is 0 Å². The first-order valence-electron chi connectivity index (χ1n) is 9.22. The first-order valence-corrected chi connectivity index (χ1v) is 9.60. The van der Waals surface area contributed by atoms with E-state index in [1.54, 1.807) is 0 Å². The normalized spacial score (nSPS) is 20.0. The number of ether oxygens (including phenoxy) is 1. The fourth-order valence-electron chi connectivity index (χ4n) is 3.23. The van der Waals surface area contributed by atoms with E-state index in [0.29, 0.717) is 12.1 Å². The number of amides is 1. The molecule has 1 aliphatic rings. The molecule has 0 aromatic heterocycles. The van der Waals surface area contributed by atoms with Crippen LogP contribution < -0.4 is 5.32 Å². The largest absolute Gasteiger partial charge is 0.444 e. The molecule has 5 heteroatoms. The van der Waals surface area contributed by atoms with E-state index < -0.39 is 5.60 Å². The molecule has 0 aliphatic carbocycles. The number of nitrogens with zero attached hydrogens (tertiary/aromatic N) is 1. The summed E-state index contributed by atoms with van der Waals surface area (Å²) in [5.41, 5.74) is 0.734. The van der Waals surface area contributed by atoms with Crippen LogP contribution in [0.2, 0.25) is 5.02 Å². The van der Waals surface area contributed by atoms with Gasteiger partial charge in [-0.25, -0.2) is 4.79 Å². The van der Waals surface area contributed by atoms with Crippen molar-refractivity contribution >= 4 is 17.7 Å². The fraction of sp³-hybridized carbons (Fsp3) is 0.650. The monoisotopic (exact) mass is 366 g/mol. The minimum atomic E-state index is -0.440. The number of rotatable bonds is 4. The van der Waals surface area contributed by atoms with Gasteiger partial charge in [0.1, 0.15) is 5.60 Å². The minimum Gasteiger partial charge on any atom is -0.444 e. The van der Waals surface area contributed by atoms with Gasteiger partial charge in [-0.1, -0.05) is 29.8 Å². The van der Waals surface area contributed by atoms with Gasteiger partial charge in [-0.2, -0.15) is 0 Å². The molecule has 1 saturated heterocycles. The third-order valence-electron chi connectivity index (χ3n) is 4.38. The predicted molar refractivity (Wildman–Crippen MR) is 103 cm³/mol. The number of nitrogens with one attached hydrogen (secondary N) is 1. The molecule has 25 heavy (non-hydrogen) atoms. The van der Waals surface area contributed by atoms with Gasteiger partial charge in [-0.15, -0.1) is 0 Å². The van der Waals surface area contributed by atoms with Crippen molar-refractivity contribution in [2.75, 3.05) is 13.1 Å². The standard InChI is InChI=1S/C20H31ClN2O2/c1-15(14-16-8-5-6-10-18(16)21)22-17-9-7-12-23(13-11-17)19(24)25-20(2,3)4/h5-6,8,10,15,17,22H,7,9,11-14H2,1-4H3. The van der Waals surface area contributed by atoms with Crippen molar-refractivity contribution in [1.82, 2.24) is 10.2 Å². The average molecular weight is 367 g/mol. The number of carbonyl (C=O) groups is 1. The molecule has 0 radical (unpaired) electrons. The average Bonchev–Trinajstić information content (AvgIpc) is 2.73. The van der Waals surface area contributed by atoms with E-state index in [4.69, 9.17) is 16.3 Å². The van der Waals surface area contributed by atoms with Crippen LogP contribution in [-0.4, -0.2) is 41.8 Å². The van der Waals surface area contributed by atoms with E-state index in [2.05, 4.69) is 18.3 Å². The van der Waals surface area contributed by atoms with Crippen molar-refractivity contribution in [2.24, 2.45) is 0 Å². The molecule has 4 nitrogen and oxygen atoms in total. The molecule has 1 aromatic rings. The highest BCUT2D eigenvalue weighted by atomic mass is 35.5. The number of likely N-dealkylation sites (tertiary alicyclic amines) is 1. The molecule has 0 spiro atoms. The molecule has 0 bridgehead atoms. The number of benzene rings is 1. The van der Waals surface area contributed by atoms with Gasteiger partial charge in [-0.3, -0.25) is 0 Å². The smallest absolute Gasteiger partial charge is 0.410 e. The van der Waals surface area contributed by atoms with Crippen molar-refractivity contribution in [2.45, 2.75) is 71.1 Å². The highest BCUT2D eigenvalue weighted by Gasteiger charge is 2.25. The number of carbonyl (C=O) groups excluding carboxylic acids is 1. The van der Waals surface area contributed by atoms with Crippen LogP contribution in [0.1, 0.15) is 52.5 Å². The molecule has 1 aromatic carbocycles. The third kappa shape index (κ3) is 6.87. The molecule has 1 fully saturated rings. The van der Waals surface area contributed by atoms with E-state index in [0.717, 1.165) is 43.8 Å². The molecule has 2 unspecified atom stereocenters. The topological polar surface area (TPSA) is 41.6 Å². The maximum atomic E-state index is 12.2. The first kappa shape index (κ1) is 20.1. The lowest BCUT2D eigenvalue weighted by molar-refractivity contribution is 0.0256. The number of hydrogen-bond donors (Lipinski definition) is 1. The van der Waals surface area contributed by atoms with Gasteiger partial charge in [0.2, 0.25) is 0 Å². The SMILES string of the molecule is CC(Cc1ccccc1Cl)NC1CCCN(C(=O)OC(C)(C)C)CC1. The Bertz CT molecular complexity index is 571. The summed E-state index contributed by atoms with van der Waals surface area (Å²) in [6.07, 6.45) is 3.73. The second-order valence-corrected chi connectivity index (χ2v) is 8.37. The molecular weight excluding hydrogens is 336 g/mol. The number of hydrogen-bond acceptors (Lipinski definition) is 3. The maximum absolute atomic E-state index is 12.2. The summed E-state index contributed by atoms with van der Waals surface area (Å²) in [7, 11) is 0. The molecule has 1 amide bonds. The van der Waals surface area contributed by atoms with Crippen LogP contribution in [0.3, 0.4) is 0 Å². The van der Waals surface area contributed by atoms with Crippen LogP contribution in [0, 0.1) is 0 Å². The number of halogens is 1. The van der Waals surface area contributed by atoms with Gasteiger partial charge in [0.15, 0.2) is 0 Å². The molecule has 140 valence electrons. The van der Waals surface area contributed by atoms with Crippen molar-refractivity contribution in [1.29, 1.82) is 0 Å². The lowest BCUT2D eigenvalue weighted by atomic mass is 10.0. The molecular formula is C20H31ClN2O2. The second kappa shape index (κ2) is 8.91. The van der Waals surface area contributed by atoms with Gasteiger partial charge in [0.05, 0.1) is 0 Å². The quantitative estimate of drug-likeness (QED) is 0.843. The Balaban J connectivity index is 1.82. The lowest BCUT2D eigenvalue weighted by Crippen LogP contribution is -2.40. The van der Waals surface area contributed by atoms with Crippen molar-refractivity contribution < 1.29 is 9.53 Å². The van der Waals surface area contributed by atoms with E-state index in [-0.39, 0.29) is 6.09 Å². The Morgan fingerprint density at radius 2 is 2.04 bits per heavy atom. The minimum absolute atomic E-state index is 0.197. The van der Waals surface area contributed by atoms with E-state index in [1.165, 1.54) is 5.56 Å². The summed E-state index contributed by atoms with van der Waals surface area (Å²) in [6.45, 7) is 9.42. The maximum Gasteiger partial charge on any atom is 0.410 e. The van der Waals surface area contributed by atoms with Crippen molar-refractivity contribution in [3.05, 3.63) is 34.9 Å².